The van der Waals surface area contributed by atoms with Crippen molar-refractivity contribution >= 4 is 22.8 Å². The van der Waals surface area contributed by atoms with Gasteiger partial charge in [0.05, 0.1) is 17.1 Å². The molecule has 0 unspecified atom stereocenters. The van der Waals surface area contributed by atoms with Crippen LogP contribution < -0.4 is 0 Å². The van der Waals surface area contributed by atoms with Crippen molar-refractivity contribution < 1.29 is 9.59 Å². The van der Waals surface area contributed by atoms with Crippen LogP contribution in [0.1, 0.15) is 69.1 Å². The van der Waals surface area contributed by atoms with Crippen LogP contribution in [0.3, 0.4) is 0 Å². The number of hydrogen-bond donors (Lipinski definition) is 0. The standard InChI is InChI=1S/C20H29N5O2/c1-13(2)18-11-16(17-12-21-25(14(3)4)19(17)22-18)20(27)24-8-6-7-23(9-10-24)15(5)26/h11-14H,6-10H2,1-5H3. The molecule has 3 rings (SSSR count). The molecule has 0 bridgehead atoms. The van der Waals surface area contributed by atoms with Gasteiger partial charge in [0.15, 0.2) is 5.65 Å². The zero-order chi connectivity index (χ0) is 19.7. The normalized spacial score (nSPS) is 15.7. The topological polar surface area (TPSA) is 71.3 Å². The first-order valence-electron chi connectivity index (χ1n) is 9.72. The number of hydrogen-bond acceptors (Lipinski definition) is 4. The fourth-order valence-corrected chi connectivity index (χ4v) is 3.49. The van der Waals surface area contributed by atoms with Gasteiger partial charge in [-0.2, -0.15) is 5.10 Å². The summed E-state index contributed by atoms with van der Waals surface area (Å²) in [6.07, 6.45) is 2.54. The molecule has 1 aliphatic rings. The van der Waals surface area contributed by atoms with Gasteiger partial charge in [0.1, 0.15) is 0 Å². The van der Waals surface area contributed by atoms with Crippen molar-refractivity contribution in [1.82, 2.24) is 24.6 Å². The predicted molar refractivity (Wildman–Crippen MR) is 105 cm³/mol. The van der Waals surface area contributed by atoms with E-state index in [1.54, 1.807) is 13.1 Å². The van der Waals surface area contributed by atoms with Crippen molar-refractivity contribution in [2.75, 3.05) is 26.2 Å². The number of amides is 2. The SMILES string of the molecule is CC(=O)N1CCCN(C(=O)c2cc(C(C)C)nc3c2cnn3C(C)C)CC1. The Bertz CT molecular complexity index is 855. The molecule has 1 fully saturated rings. The fourth-order valence-electron chi connectivity index (χ4n) is 3.49. The second-order valence-corrected chi connectivity index (χ2v) is 7.82. The van der Waals surface area contributed by atoms with Crippen molar-refractivity contribution in [3.8, 4) is 0 Å². The number of rotatable bonds is 3. The highest BCUT2D eigenvalue weighted by molar-refractivity contribution is 6.05. The maximum Gasteiger partial charge on any atom is 0.254 e. The van der Waals surface area contributed by atoms with E-state index >= 15 is 0 Å². The summed E-state index contributed by atoms with van der Waals surface area (Å²) in [4.78, 5) is 33.5. The molecule has 0 spiro atoms. The Morgan fingerprint density at radius 3 is 2.33 bits per heavy atom. The molecule has 0 aromatic carbocycles. The maximum atomic E-state index is 13.4. The van der Waals surface area contributed by atoms with Crippen LogP contribution in [0.15, 0.2) is 12.3 Å². The zero-order valence-electron chi connectivity index (χ0n) is 16.9. The van der Waals surface area contributed by atoms with Crippen LogP contribution in [-0.4, -0.2) is 62.6 Å². The summed E-state index contributed by atoms with van der Waals surface area (Å²) in [7, 11) is 0. The Morgan fingerprint density at radius 2 is 1.70 bits per heavy atom. The third kappa shape index (κ3) is 3.82. The molecule has 3 heterocycles. The van der Waals surface area contributed by atoms with Crippen molar-refractivity contribution in [3.05, 3.63) is 23.5 Å². The average molecular weight is 371 g/mol. The van der Waals surface area contributed by atoms with Gasteiger partial charge in [-0.3, -0.25) is 9.59 Å². The molecule has 2 aromatic rings. The minimum Gasteiger partial charge on any atom is -0.341 e. The van der Waals surface area contributed by atoms with Crippen LogP contribution in [0.25, 0.3) is 11.0 Å². The highest BCUT2D eigenvalue weighted by Gasteiger charge is 2.25. The fraction of sp³-hybridized carbons (Fsp3) is 0.600. The van der Waals surface area contributed by atoms with Crippen LogP contribution in [0.5, 0.6) is 0 Å². The van der Waals surface area contributed by atoms with Crippen molar-refractivity contribution in [1.29, 1.82) is 0 Å². The molecule has 146 valence electrons. The number of aromatic nitrogens is 3. The Kier molecular flexibility index (Phi) is 5.48. The molecular weight excluding hydrogens is 342 g/mol. The van der Waals surface area contributed by atoms with Crippen molar-refractivity contribution in [3.63, 3.8) is 0 Å². The van der Waals surface area contributed by atoms with E-state index < -0.39 is 0 Å². The molecule has 0 saturated carbocycles. The van der Waals surface area contributed by atoms with Gasteiger partial charge in [-0.25, -0.2) is 9.67 Å². The van der Waals surface area contributed by atoms with Gasteiger partial charge in [0.2, 0.25) is 5.91 Å². The van der Waals surface area contributed by atoms with E-state index in [-0.39, 0.29) is 23.8 Å². The zero-order valence-corrected chi connectivity index (χ0v) is 16.9. The predicted octanol–water partition coefficient (Wildman–Crippen LogP) is 2.83. The van der Waals surface area contributed by atoms with Gasteiger partial charge >= 0.3 is 0 Å². The molecule has 7 heteroatoms. The molecule has 2 aromatic heterocycles. The molecule has 1 saturated heterocycles. The summed E-state index contributed by atoms with van der Waals surface area (Å²) in [5.41, 5.74) is 2.32. The monoisotopic (exact) mass is 371 g/mol. The number of carbonyl (C=O) groups excluding carboxylic acids is 2. The van der Waals surface area contributed by atoms with E-state index in [0.717, 1.165) is 23.1 Å². The summed E-state index contributed by atoms with van der Waals surface area (Å²) in [5.74, 6) is 0.280. The molecule has 0 radical (unpaired) electrons. The van der Waals surface area contributed by atoms with Gasteiger partial charge in [-0.15, -0.1) is 0 Å². The number of nitrogens with zero attached hydrogens (tertiary/aromatic N) is 5. The van der Waals surface area contributed by atoms with Gasteiger partial charge in [0.25, 0.3) is 5.91 Å². The summed E-state index contributed by atoms with van der Waals surface area (Å²) >= 11 is 0. The molecule has 0 N–H and O–H groups in total. The first kappa shape index (κ1) is 19.3. The minimum atomic E-state index is -0.00184. The lowest BCUT2D eigenvalue weighted by atomic mass is 10.0. The Hall–Kier alpha value is -2.44. The lowest BCUT2D eigenvalue weighted by Crippen LogP contribution is -2.36. The van der Waals surface area contributed by atoms with Gasteiger partial charge in [-0.05, 0) is 32.3 Å². The smallest absolute Gasteiger partial charge is 0.254 e. The van der Waals surface area contributed by atoms with Crippen LogP contribution in [0.4, 0.5) is 0 Å². The maximum absolute atomic E-state index is 13.4. The third-order valence-corrected chi connectivity index (χ3v) is 5.13. The van der Waals surface area contributed by atoms with Gasteiger partial charge in [-0.1, -0.05) is 13.8 Å². The van der Waals surface area contributed by atoms with Crippen LogP contribution in [0, 0.1) is 0 Å². The molecule has 2 amide bonds. The molecule has 0 atom stereocenters. The Morgan fingerprint density at radius 1 is 1.04 bits per heavy atom. The second-order valence-electron chi connectivity index (χ2n) is 7.82. The Balaban J connectivity index is 1.99. The van der Waals surface area contributed by atoms with E-state index in [9.17, 15) is 9.59 Å². The molecule has 0 aliphatic carbocycles. The summed E-state index contributed by atoms with van der Waals surface area (Å²) < 4.78 is 1.87. The van der Waals surface area contributed by atoms with Crippen molar-refractivity contribution in [2.24, 2.45) is 0 Å². The summed E-state index contributed by atoms with van der Waals surface area (Å²) in [6.45, 7) is 12.3. The van der Waals surface area contributed by atoms with E-state index in [1.165, 1.54) is 0 Å². The molecule has 27 heavy (non-hydrogen) atoms. The third-order valence-electron chi connectivity index (χ3n) is 5.13. The van der Waals surface area contributed by atoms with Crippen LogP contribution in [-0.2, 0) is 4.79 Å². The molecule has 7 nitrogen and oxygen atoms in total. The number of pyridine rings is 1. The first-order valence-corrected chi connectivity index (χ1v) is 9.72. The Labute approximate surface area is 160 Å². The van der Waals surface area contributed by atoms with Crippen LogP contribution >= 0.6 is 0 Å². The largest absolute Gasteiger partial charge is 0.341 e. The van der Waals surface area contributed by atoms with Gasteiger partial charge in [0, 0.05) is 44.8 Å². The van der Waals surface area contributed by atoms with Crippen molar-refractivity contribution in [2.45, 2.75) is 53.0 Å². The van der Waals surface area contributed by atoms with Crippen LogP contribution in [0.2, 0.25) is 0 Å². The summed E-state index contributed by atoms with van der Waals surface area (Å²) in [5, 5.41) is 5.26. The van der Waals surface area contributed by atoms with E-state index in [2.05, 4.69) is 32.8 Å². The molecule has 1 aliphatic heterocycles. The highest BCUT2D eigenvalue weighted by atomic mass is 16.2. The number of fused-ring (bicyclic) bond motifs is 1. The highest BCUT2D eigenvalue weighted by Crippen LogP contribution is 2.25. The van der Waals surface area contributed by atoms with Gasteiger partial charge < -0.3 is 9.80 Å². The van der Waals surface area contributed by atoms with E-state index in [1.807, 2.05) is 20.5 Å². The average Bonchev–Trinajstić information content (AvgIpc) is 2.89. The van der Waals surface area contributed by atoms with E-state index in [0.29, 0.717) is 31.7 Å². The number of carbonyl (C=O) groups is 2. The second kappa shape index (κ2) is 7.66. The lowest BCUT2D eigenvalue weighted by molar-refractivity contribution is -0.128. The quantitative estimate of drug-likeness (QED) is 0.832. The first-order chi connectivity index (χ1) is 12.8. The summed E-state index contributed by atoms with van der Waals surface area (Å²) in [6, 6.07) is 2.08. The lowest BCUT2D eigenvalue weighted by Gasteiger charge is -2.22. The van der Waals surface area contributed by atoms with E-state index in [4.69, 9.17) is 4.98 Å². The minimum absolute atomic E-state index is 0.00184. The molecular formula is C20H29N5O2.